The second-order valence-electron chi connectivity index (χ2n) is 3.40. The summed E-state index contributed by atoms with van der Waals surface area (Å²) in [5.41, 5.74) is 2.30. The van der Waals surface area contributed by atoms with Crippen LogP contribution in [0.5, 0.6) is 0 Å². The van der Waals surface area contributed by atoms with Gasteiger partial charge in [-0.05, 0) is 18.6 Å². The molecule has 0 aromatic carbocycles. The molecule has 0 aliphatic carbocycles. The number of hydrogen-bond donors (Lipinski definition) is 2. The predicted molar refractivity (Wildman–Crippen MR) is 47.9 cm³/mol. The molecular formula is C9H11F3N2O. The van der Waals surface area contributed by atoms with Crippen molar-refractivity contribution in [1.29, 1.82) is 0 Å². The summed E-state index contributed by atoms with van der Waals surface area (Å²) in [6.07, 6.45) is -2.67. The lowest BCUT2D eigenvalue weighted by Gasteiger charge is -2.25. The van der Waals surface area contributed by atoms with Gasteiger partial charge in [0.15, 0.2) is 0 Å². The molecule has 3 nitrogen and oxygen atoms in total. The van der Waals surface area contributed by atoms with Crippen molar-refractivity contribution in [3.8, 4) is 0 Å². The largest absolute Gasteiger partial charge is 0.418 e. The van der Waals surface area contributed by atoms with E-state index in [2.05, 4.69) is 4.98 Å². The van der Waals surface area contributed by atoms with Crippen molar-refractivity contribution >= 4 is 0 Å². The van der Waals surface area contributed by atoms with Gasteiger partial charge in [-0.3, -0.25) is 4.98 Å². The second kappa shape index (κ2) is 3.79. The normalized spacial score (nSPS) is 16.1. The van der Waals surface area contributed by atoms with E-state index >= 15 is 0 Å². The van der Waals surface area contributed by atoms with Crippen LogP contribution in [0.2, 0.25) is 0 Å². The number of halogens is 3. The molecule has 3 N–H and O–H groups in total. The number of rotatable bonds is 2. The molecule has 0 amide bonds. The van der Waals surface area contributed by atoms with Crippen molar-refractivity contribution in [3.05, 3.63) is 29.6 Å². The minimum atomic E-state index is -4.54. The van der Waals surface area contributed by atoms with Crippen LogP contribution in [0.4, 0.5) is 13.2 Å². The average Bonchev–Trinajstić information content (AvgIpc) is 2.16. The standard InChI is InChI=1S/C9H11F3N2O/c1-8(15,5-13)6-2-3-14-4-7(6)9(10,11)12/h2-4,15H,5,13H2,1H3. The molecule has 15 heavy (non-hydrogen) atoms. The smallest absolute Gasteiger partial charge is 0.384 e. The number of hydrogen-bond acceptors (Lipinski definition) is 3. The Labute approximate surface area is 84.7 Å². The molecule has 1 unspecified atom stereocenters. The van der Waals surface area contributed by atoms with E-state index in [1.54, 1.807) is 0 Å². The highest BCUT2D eigenvalue weighted by Gasteiger charge is 2.38. The van der Waals surface area contributed by atoms with E-state index in [4.69, 9.17) is 5.73 Å². The van der Waals surface area contributed by atoms with Crippen molar-refractivity contribution in [2.24, 2.45) is 5.73 Å². The van der Waals surface area contributed by atoms with Crippen molar-refractivity contribution in [2.45, 2.75) is 18.7 Å². The van der Waals surface area contributed by atoms with Gasteiger partial charge in [0.25, 0.3) is 0 Å². The summed E-state index contributed by atoms with van der Waals surface area (Å²) < 4.78 is 37.6. The summed E-state index contributed by atoms with van der Waals surface area (Å²) in [4.78, 5) is 3.39. The van der Waals surface area contributed by atoms with Gasteiger partial charge >= 0.3 is 6.18 Å². The lowest BCUT2D eigenvalue weighted by molar-refractivity contribution is -0.140. The fourth-order valence-electron chi connectivity index (χ4n) is 1.20. The molecule has 0 saturated heterocycles. The van der Waals surface area contributed by atoms with Gasteiger partial charge in [-0.15, -0.1) is 0 Å². The summed E-state index contributed by atoms with van der Waals surface area (Å²) in [7, 11) is 0. The first-order valence-corrected chi connectivity index (χ1v) is 4.23. The highest BCUT2D eigenvalue weighted by atomic mass is 19.4. The highest BCUT2D eigenvalue weighted by Crippen LogP contribution is 2.35. The summed E-state index contributed by atoms with van der Waals surface area (Å²) in [6.45, 7) is 0.942. The summed E-state index contributed by atoms with van der Waals surface area (Å²) in [6, 6.07) is 1.12. The van der Waals surface area contributed by atoms with Gasteiger partial charge in [0.1, 0.15) is 0 Å². The molecule has 1 aromatic rings. The van der Waals surface area contributed by atoms with Gasteiger partial charge in [0.2, 0.25) is 0 Å². The number of pyridine rings is 1. The average molecular weight is 220 g/mol. The van der Waals surface area contributed by atoms with E-state index in [9.17, 15) is 18.3 Å². The zero-order valence-electron chi connectivity index (χ0n) is 8.04. The van der Waals surface area contributed by atoms with Crippen LogP contribution >= 0.6 is 0 Å². The Bertz CT molecular complexity index is 349. The quantitative estimate of drug-likeness (QED) is 0.789. The molecule has 0 fully saturated rings. The number of aromatic nitrogens is 1. The van der Waals surface area contributed by atoms with E-state index < -0.39 is 17.3 Å². The van der Waals surface area contributed by atoms with Crippen LogP contribution in [0, 0.1) is 0 Å². The van der Waals surface area contributed by atoms with E-state index in [-0.39, 0.29) is 12.1 Å². The molecule has 0 bridgehead atoms. The first-order valence-electron chi connectivity index (χ1n) is 4.23. The van der Waals surface area contributed by atoms with Crippen molar-refractivity contribution < 1.29 is 18.3 Å². The lowest BCUT2D eigenvalue weighted by Crippen LogP contribution is -2.33. The van der Waals surface area contributed by atoms with Gasteiger partial charge in [0.05, 0.1) is 11.2 Å². The van der Waals surface area contributed by atoms with E-state index in [0.29, 0.717) is 6.20 Å². The van der Waals surface area contributed by atoms with Crippen LogP contribution < -0.4 is 5.73 Å². The van der Waals surface area contributed by atoms with Crippen LogP contribution in [0.15, 0.2) is 18.5 Å². The number of aliphatic hydroxyl groups is 1. The van der Waals surface area contributed by atoms with Gasteiger partial charge in [0, 0.05) is 18.9 Å². The summed E-state index contributed by atoms with van der Waals surface area (Å²) >= 11 is 0. The van der Waals surface area contributed by atoms with Gasteiger partial charge in [-0.25, -0.2) is 0 Å². The fraction of sp³-hybridized carbons (Fsp3) is 0.444. The van der Waals surface area contributed by atoms with Crippen LogP contribution in [-0.2, 0) is 11.8 Å². The van der Waals surface area contributed by atoms with Crippen LogP contribution in [0.1, 0.15) is 18.1 Å². The Morgan fingerprint density at radius 1 is 1.40 bits per heavy atom. The van der Waals surface area contributed by atoms with Crippen LogP contribution in [0.3, 0.4) is 0 Å². The highest BCUT2D eigenvalue weighted by molar-refractivity contribution is 5.31. The zero-order chi connectivity index (χ0) is 11.7. The first kappa shape index (κ1) is 11.9. The van der Waals surface area contributed by atoms with Gasteiger partial charge in [-0.2, -0.15) is 13.2 Å². The first-order chi connectivity index (χ1) is 6.79. The summed E-state index contributed by atoms with van der Waals surface area (Å²) in [5, 5.41) is 9.69. The minimum Gasteiger partial charge on any atom is -0.384 e. The van der Waals surface area contributed by atoms with E-state index in [1.165, 1.54) is 13.1 Å². The molecule has 84 valence electrons. The maximum Gasteiger partial charge on any atom is 0.418 e. The van der Waals surface area contributed by atoms with Gasteiger partial charge in [-0.1, -0.05) is 0 Å². The zero-order valence-corrected chi connectivity index (χ0v) is 8.04. The Hall–Kier alpha value is -1.14. The minimum absolute atomic E-state index is 0.257. The number of alkyl halides is 3. The van der Waals surface area contributed by atoms with Crippen molar-refractivity contribution in [3.63, 3.8) is 0 Å². The molecule has 1 aromatic heterocycles. The molecule has 1 atom stereocenters. The lowest BCUT2D eigenvalue weighted by atomic mass is 9.93. The maximum absolute atomic E-state index is 12.5. The third-order valence-corrected chi connectivity index (χ3v) is 2.10. The van der Waals surface area contributed by atoms with E-state index in [1.807, 2.05) is 0 Å². The van der Waals surface area contributed by atoms with Gasteiger partial charge < -0.3 is 10.8 Å². The maximum atomic E-state index is 12.5. The second-order valence-corrected chi connectivity index (χ2v) is 3.40. The molecule has 6 heteroatoms. The molecule has 0 aliphatic rings. The van der Waals surface area contributed by atoms with Crippen LogP contribution in [-0.4, -0.2) is 16.6 Å². The predicted octanol–water partition coefficient (Wildman–Crippen LogP) is 1.27. The Morgan fingerprint density at radius 2 is 2.00 bits per heavy atom. The Kier molecular flexibility index (Phi) is 3.01. The molecule has 0 aliphatic heterocycles. The Morgan fingerprint density at radius 3 is 2.47 bits per heavy atom. The third kappa shape index (κ3) is 2.45. The molecular weight excluding hydrogens is 209 g/mol. The van der Waals surface area contributed by atoms with Crippen LogP contribution in [0.25, 0.3) is 0 Å². The fourth-order valence-corrected chi connectivity index (χ4v) is 1.20. The molecule has 0 radical (unpaired) electrons. The van der Waals surface area contributed by atoms with Crippen molar-refractivity contribution in [1.82, 2.24) is 4.98 Å². The number of nitrogens with two attached hydrogens (primary N) is 1. The van der Waals surface area contributed by atoms with Crippen molar-refractivity contribution in [2.75, 3.05) is 6.54 Å². The summed E-state index contributed by atoms with van der Waals surface area (Å²) in [5.74, 6) is 0. The Balaban J connectivity index is 3.31. The monoisotopic (exact) mass is 220 g/mol. The third-order valence-electron chi connectivity index (χ3n) is 2.10. The SMILES string of the molecule is CC(O)(CN)c1ccncc1C(F)(F)F. The molecule has 1 rings (SSSR count). The topological polar surface area (TPSA) is 59.1 Å². The number of nitrogens with zero attached hydrogens (tertiary/aromatic N) is 1. The molecule has 0 spiro atoms. The van der Waals surface area contributed by atoms with E-state index in [0.717, 1.165) is 6.07 Å². The molecule has 1 heterocycles. The molecule has 0 saturated carbocycles.